The van der Waals surface area contributed by atoms with Crippen molar-refractivity contribution in [2.75, 3.05) is 49.6 Å². The van der Waals surface area contributed by atoms with Crippen molar-refractivity contribution in [3.05, 3.63) is 45.1 Å². The van der Waals surface area contributed by atoms with E-state index in [4.69, 9.17) is 16.3 Å². The Labute approximate surface area is 248 Å². The number of benzene rings is 1. The second-order valence-corrected chi connectivity index (χ2v) is 13.5. The molecule has 2 N–H and O–H groups in total. The van der Waals surface area contributed by atoms with E-state index in [9.17, 15) is 23.2 Å². The lowest BCUT2D eigenvalue weighted by Gasteiger charge is -2.40. The van der Waals surface area contributed by atoms with Crippen LogP contribution in [0.25, 0.3) is 0 Å². The number of carbonyl (C=O) groups excluding carboxylic acids is 3. The molecule has 1 saturated heterocycles. The summed E-state index contributed by atoms with van der Waals surface area (Å²) in [6.45, 7) is 7.90. The van der Waals surface area contributed by atoms with E-state index in [2.05, 4.69) is 36.3 Å². The first-order valence-electron chi connectivity index (χ1n) is 13.8. The fourth-order valence-electron chi connectivity index (χ4n) is 5.04. The Kier molecular flexibility index (Phi) is 10.4. The molecule has 0 bridgehead atoms. The molecule has 2 aliphatic rings. The van der Waals surface area contributed by atoms with Crippen LogP contribution in [0.15, 0.2) is 30.3 Å². The van der Waals surface area contributed by atoms with Crippen LogP contribution in [-0.2, 0) is 14.3 Å². The molecule has 12 heteroatoms. The van der Waals surface area contributed by atoms with Gasteiger partial charge in [0.15, 0.2) is 0 Å². The fraction of sp³-hybridized carbons (Fsp3) is 0.552. The minimum Gasteiger partial charge on any atom is -0.370 e. The minimum atomic E-state index is -2.89. The quantitative estimate of drug-likeness (QED) is 0.346. The molecule has 41 heavy (non-hydrogen) atoms. The first-order valence-corrected chi connectivity index (χ1v) is 15.0. The SMILES string of the molecule is CC(C)(C)CN(CC1CCC1)[C@H](CNC(=O)c1ccc(Cl)s1)C(=O)Nc1ccc(N2CCOCC2=O)cc1C(F)F. The number of nitrogens with one attached hydrogen (secondary N) is 2. The topological polar surface area (TPSA) is 91.0 Å². The van der Waals surface area contributed by atoms with E-state index in [0.717, 1.165) is 30.6 Å². The molecule has 2 fully saturated rings. The molecule has 1 aromatic carbocycles. The van der Waals surface area contributed by atoms with Gasteiger partial charge in [0.1, 0.15) is 12.6 Å². The standard InChI is InChI=1S/C29H37ClF2N4O4S/c1-29(2,3)17-35(15-18-5-4-6-18)22(14-33-28(39)23-9-10-24(30)41-23)27(38)34-21-8-7-19(13-20(21)26(31)32)36-11-12-40-16-25(36)37/h7-10,13,18,22,26H,4-6,11-12,14-17H2,1-3H3,(H,33,39)(H,34,38)/t22-/m1/s1. The molecule has 2 heterocycles. The Balaban J connectivity index is 1.59. The van der Waals surface area contributed by atoms with E-state index in [1.807, 2.05) is 0 Å². The molecule has 1 atom stereocenters. The number of ether oxygens (including phenoxy) is 1. The molecule has 1 aromatic heterocycles. The van der Waals surface area contributed by atoms with Crippen molar-refractivity contribution in [1.82, 2.24) is 10.2 Å². The summed E-state index contributed by atoms with van der Waals surface area (Å²) in [6, 6.07) is 6.63. The van der Waals surface area contributed by atoms with Gasteiger partial charge in [-0.1, -0.05) is 38.8 Å². The third kappa shape index (κ3) is 8.47. The summed E-state index contributed by atoms with van der Waals surface area (Å²) in [5.41, 5.74) is -0.249. The maximum Gasteiger partial charge on any atom is 0.265 e. The third-order valence-corrected chi connectivity index (χ3v) is 8.45. The number of alkyl halides is 2. The number of morpholine rings is 1. The predicted octanol–water partition coefficient (Wildman–Crippen LogP) is 5.59. The average Bonchev–Trinajstić information content (AvgIpc) is 3.32. The second kappa shape index (κ2) is 13.6. The summed E-state index contributed by atoms with van der Waals surface area (Å²) < 4.78 is 34.1. The van der Waals surface area contributed by atoms with E-state index >= 15 is 0 Å². The van der Waals surface area contributed by atoms with Gasteiger partial charge < -0.3 is 20.3 Å². The Morgan fingerprint density at radius 1 is 1.22 bits per heavy atom. The Hall–Kier alpha value is -2.60. The van der Waals surface area contributed by atoms with E-state index in [0.29, 0.717) is 40.5 Å². The smallest absolute Gasteiger partial charge is 0.265 e. The molecule has 1 saturated carbocycles. The van der Waals surface area contributed by atoms with Crippen molar-refractivity contribution in [2.24, 2.45) is 11.3 Å². The van der Waals surface area contributed by atoms with Crippen molar-refractivity contribution >= 4 is 52.0 Å². The second-order valence-electron chi connectivity index (χ2n) is 11.8. The maximum atomic E-state index is 14.2. The molecule has 2 aromatic rings. The van der Waals surface area contributed by atoms with Crippen LogP contribution in [0, 0.1) is 11.3 Å². The van der Waals surface area contributed by atoms with Crippen LogP contribution in [0.1, 0.15) is 61.7 Å². The third-order valence-electron chi connectivity index (χ3n) is 7.22. The van der Waals surface area contributed by atoms with Crippen LogP contribution in [0.5, 0.6) is 0 Å². The molecule has 1 aliphatic heterocycles. The zero-order valence-electron chi connectivity index (χ0n) is 23.6. The van der Waals surface area contributed by atoms with Crippen LogP contribution in [0.4, 0.5) is 20.2 Å². The van der Waals surface area contributed by atoms with Gasteiger partial charge in [-0.2, -0.15) is 0 Å². The maximum absolute atomic E-state index is 14.2. The molecule has 1 aliphatic carbocycles. The predicted molar refractivity (Wildman–Crippen MR) is 157 cm³/mol. The van der Waals surface area contributed by atoms with Gasteiger partial charge in [-0.05, 0) is 54.5 Å². The van der Waals surface area contributed by atoms with Crippen molar-refractivity contribution in [1.29, 1.82) is 0 Å². The molecule has 0 radical (unpaired) electrons. The highest BCUT2D eigenvalue weighted by molar-refractivity contribution is 7.18. The van der Waals surface area contributed by atoms with E-state index in [1.54, 1.807) is 18.2 Å². The van der Waals surface area contributed by atoms with Crippen LogP contribution < -0.4 is 15.5 Å². The van der Waals surface area contributed by atoms with Crippen LogP contribution in [0.3, 0.4) is 0 Å². The summed E-state index contributed by atoms with van der Waals surface area (Å²) in [5.74, 6) is -0.728. The normalized spacial score (nSPS) is 17.1. The van der Waals surface area contributed by atoms with E-state index < -0.39 is 18.4 Å². The Morgan fingerprint density at radius 3 is 2.56 bits per heavy atom. The van der Waals surface area contributed by atoms with Crippen molar-refractivity contribution < 1.29 is 27.9 Å². The monoisotopic (exact) mass is 610 g/mol. The largest absolute Gasteiger partial charge is 0.370 e. The Bertz CT molecular complexity index is 1250. The summed E-state index contributed by atoms with van der Waals surface area (Å²) in [6.07, 6.45) is 0.374. The molecule has 3 amide bonds. The summed E-state index contributed by atoms with van der Waals surface area (Å²) in [4.78, 5) is 42.8. The lowest BCUT2D eigenvalue weighted by atomic mass is 9.84. The number of anilines is 2. The van der Waals surface area contributed by atoms with Crippen LogP contribution in [0.2, 0.25) is 4.34 Å². The van der Waals surface area contributed by atoms with Crippen LogP contribution >= 0.6 is 22.9 Å². The van der Waals surface area contributed by atoms with Gasteiger partial charge in [-0.15, -0.1) is 11.3 Å². The first-order chi connectivity index (χ1) is 19.4. The first kappa shape index (κ1) is 31.3. The molecular weight excluding hydrogens is 574 g/mol. The highest BCUT2D eigenvalue weighted by atomic mass is 35.5. The van der Waals surface area contributed by atoms with Crippen LogP contribution in [-0.4, -0.2) is 68.1 Å². The summed E-state index contributed by atoms with van der Waals surface area (Å²) in [5, 5.41) is 5.57. The summed E-state index contributed by atoms with van der Waals surface area (Å²) in [7, 11) is 0. The molecule has 0 unspecified atom stereocenters. The van der Waals surface area contributed by atoms with Gasteiger partial charge in [0.2, 0.25) is 5.91 Å². The highest BCUT2D eigenvalue weighted by Crippen LogP contribution is 2.33. The van der Waals surface area contributed by atoms with Crippen molar-refractivity contribution in [3.8, 4) is 0 Å². The van der Waals surface area contributed by atoms with Crippen molar-refractivity contribution in [2.45, 2.75) is 52.5 Å². The Morgan fingerprint density at radius 2 is 1.98 bits per heavy atom. The lowest BCUT2D eigenvalue weighted by molar-refractivity contribution is -0.125. The van der Waals surface area contributed by atoms with E-state index in [1.165, 1.54) is 17.0 Å². The van der Waals surface area contributed by atoms with E-state index in [-0.39, 0.29) is 48.2 Å². The lowest BCUT2D eigenvalue weighted by Crippen LogP contribution is -2.54. The molecular formula is C29H37ClF2N4O4S. The van der Waals surface area contributed by atoms with Gasteiger partial charge in [0, 0.05) is 43.1 Å². The number of nitrogens with zero attached hydrogens (tertiary/aromatic N) is 2. The zero-order valence-corrected chi connectivity index (χ0v) is 25.1. The zero-order chi connectivity index (χ0) is 29.7. The number of halogens is 3. The van der Waals surface area contributed by atoms with Gasteiger partial charge in [-0.3, -0.25) is 19.3 Å². The molecule has 0 spiro atoms. The number of carbonyl (C=O) groups is 3. The van der Waals surface area contributed by atoms with Gasteiger partial charge in [0.25, 0.3) is 18.2 Å². The van der Waals surface area contributed by atoms with Crippen molar-refractivity contribution in [3.63, 3.8) is 0 Å². The van der Waals surface area contributed by atoms with Gasteiger partial charge in [0.05, 0.1) is 15.8 Å². The average molecular weight is 611 g/mol. The summed E-state index contributed by atoms with van der Waals surface area (Å²) >= 11 is 7.14. The number of hydrogen-bond donors (Lipinski definition) is 2. The number of hydrogen-bond acceptors (Lipinski definition) is 6. The minimum absolute atomic E-state index is 0.00659. The highest BCUT2D eigenvalue weighted by Gasteiger charge is 2.34. The molecule has 4 rings (SSSR count). The number of rotatable bonds is 11. The van der Waals surface area contributed by atoms with Gasteiger partial charge >= 0.3 is 0 Å². The molecule has 224 valence electrons. The fourth-order valence-corrected chi connectivity index (χ4v) is 6.00. The molecule has 8 nitrogen and oxygen atoms in total. The number of thiophene rings is 1. The van der Waals surface area contributed by atoms with Gasteiger partial charge in [-0.25, -0.2) is 8.78 Å². The number of amides is 3.